The fraction of sp³-hybridized carbons (Fsp3) is 0.727. The number of hydrogen-bond acceptors (Lipinski definition) is 0. The Hall–Kier alpha value is -0.470. The van der Waals surface area contributed by atoms with Crippen molar-refractivity contribution in [2.45, 2.75) is 51.1 Å². The van der Waals surface area contributed by atoms with Gasteiger partial charge in [0.15, 0.2) is 0 Å². The number of halogens is 3. The summed E-state index contributed by atoms with van der Waals surface area (Å²) in [5.41, 5.74) is 0. The summed E-state index contributed by atoms with van der Waals surface area (Å²) in [5.74, 6) is 0. The Morgan fingerprint density at radius 3 is 2.14 bits per heavy atom. The highest BCUT2D eigenvalue weighted by Crippen LogP contribution is 2.21. The van der Waals surface area contributed by atoms with Crippen molar-refractivity contribution in [3.63, 3.8) is 0 Å². The molecule has 0 unspecified atom stereocenters. The lowest BCUT2D eigenvalue weighted by Gasteiger charge is -2.01. The van der Waals surface area contributed by atoms with Crippen molar-refractivity contribution in [1.29, 1.82) is 0 Å². The fourth-order valence-electron chi connectivity index (χ4n) is 1.10. The van der Waals surface area contributed by atoms with E-state index in [0.717, 1.165) is 32.1 Å². The van der Waals surface area contributed by atoms with Crippen molar-refractivity contribution in [2.75, 3.05) is 0 Å². The van der Waals surface area contributed by atoms with E-state index >= 15 is 0 Å². The number of alkyl halides is 3. The molecule has 1 radical (unpaired) electrons. The number of allylic oxidation sites excluding steroid dienone is 2. The standard InChI is InChI=1S/C11H18F3/c1-2-3-4-5-6-7-8-9-10-11(12,13)14/h7-8H,1-6,9-10H2/b8-7+. The normalized spacial score (nSPS) is 12.6. The summed E-state index contributed by atoms with van der Waals surface area (Å²) in [7, 11) is 0. The first-order valence-electron chi connectivity index (χ1n) is 5.07. The second-order valence-electron chi connectivity index (χ2n) is 3.33. The zero-order valence-electron chi connectivity index (χ0n) is 8.45. The van der Waals surface area contributed by atoms with Crippen LogP contribution < -0.4 is 0 Å². The van der Waals surface area contributed by atoms with Gasteiger partial charge in [-0.2, -0.15) is 13.2 Å². The van der Waals surface area contributed by atoms with Crippen LogP contribution in [0.25, 0.3) is 0 Å². The second kappa shape index (κ2) is 7.89. The van der Waals surface area contributed by atoms with Crippen molar-refractivity contribution in [2.24, 2.45) is 0 Å². The number of rotatable bonds is 7. The largest absolute Gasteiger partial charge is 0.389 e. The monoisotopic (exact) mass is 207 g/mol. The quantitative estimate of drug-likeness (QED) is 0.420. The zero-order valence-corrected chi connectivity index (χ0v) is 8.45. The topological polar surface area (TPSA) is 0 Å². The molecule has 3 heteroatoms. The summed E-state index contributed by atoms with van der Waals surface area (Å²) < 4.78 is 35.1. The third kappa shape index (κ3) is 11.5. The molecule has 0 heterocycles. The van der Waals surface area contributed by atoms with Crippen LogP contribution >= 0.6 is 0 Å². The molecule has 0 aromatic heterocycles. The first-order valence-corrected chi connectivity index (χ1v) is 5.07. The van der Waals surface area contributed by atoms with Crippen molar-refractivity contribution in [3.05, 3.63) is 19.1 Å². The molecule has 0 aliphatic carbocycles. The maximum atomic E-state index is 11.7. The summed E-state index contributed by atoms with van der Waals surface area (Å²) in [5, 5.41) is 0. The average molecular weight is 207 g/mol. The average Bonchev–Trinajstić information content (AvgIpc) is 2.08. The molecule has 0 fully saturated rings. The molecular weight excluding hydrogens is 189 g/mol. The van der Waals surface area contributed by atoms with Crippen LogP contribution in [0.5, 0.6) is 0 Å². The first-order chi connectivity index (χ1) is 6.56. The Kier molecular flexibility index (Phi) is 7.63. The van der Waals surface area contributed by atoms with Gasteiger partial charge in [-0.1, -0.05) is 38.3 Å². The minimum atomic E-state index is -4.02. The van der Waals surface area contributed by atoms with E-state index in [1.165, 1.54) is 0 Å². The molecule has 0 saturated carbocycles. The Morgan fingerprint density at radius 2 is 1.57 bits per heavy atom. The van der Waals surface area contributed by atoms with Gasteiger partial charge in [0.1, 0.15) is 0 Å². The van der Waals surface area contributed by atoms with Crippen molar-refractivity contribution in [3.8, 4) is 0 Å². The smallest absolute Gasteiger partial charge is 0.171 e. The first kappa shape index (κ1) is 13.5. The molecule has 0 bridgehead atoms. The molecule has 0 spiro atoms. The molecule has 0 rings (SSSR count). The van der Waals surface area contributed by atoms with Crippen LogP contribution in [0.2, 0.25) is 0 Å². The maximum Gasteiger partial charge on any atom is 0.389 e. The Bertz CT molecular complexity index is 147. The predicted molar refractivity (Wildman–Crippen MR) is 52.9 cm³/mol. The predicted octanol–water partition coefficient (Wildman–Crippen LogP) is 4.67. The molecule has 0 amide bonds. The van der Waals surface area contributed by atoms with Crippen molar-refractivity contribution >= 4 is 0 Å². The van der Waals surface area contributed by atoms with Gasteiger partial charge in [-0.05, 0) is 19.3 Å². The van der Waals surface area contributed by atoms with Crippen molar-refractivity contribution in [1.82, 2.24) is 0 Å². The van der Waals surface area contributed by atoms with Gasteiger partial charge in [-0.25, -0.2) is 0 Å². The van der Waals surface area contributed by atoms with Crippen LogP contribution in [0.3, 0.4) is 0 Å². The van der Waals surface area contributed by atoms with Gasteiger partial charge in [-0.15, -0.1) is 0 Å². The van der Waals surface area contributed by atoms with E-state index in [1.807, 2.05) is 6.08 Å². The molecule has 0 aliphatic heterocycles. The van der Waals surface area contributed by atoms with E-state index in [0.29, 0.717) is 0 Å². The highest BCUT2D eigenvalue weighted by molar-refractivity contribution is 4.82. The summed E-state index contributed by atoms with van der Waals surface area (Å²) in [6.45, 7) is 3.72. The van der Waals surface area contributed by atoms with Gasteiger partial charge in [0.05, 0.1) is 0 Å². The SMILES string of the molecule is [CH2]CCCCC/C=C/CCC(F)(F)F. The Labute approximate surface area is 84.2 Å². The number of hydrogen-bond donors (Lipinski definition) is 0. The van der Waals surface area contributed by atoms with Gasteiger partial charge in [0, 0.05) is 6.42 Å². The van der Waals surface area contributed by atoms with Crippen LogP contribution in [0.4, 0.5) is 13.2 Å². The third-order valence-electron chi connectivity index (χ3n) is 1.88. The van der Waals surface area contributed by atoms with E-state index < -0.39 is 12.6 Å². The molecular formula is C11H18F3. The van der Waals surface area contributed by atoms with Gasteiger partial charge >= 0.3 is 6.18 Å². The lowest BCUT2D eigenvalue weighted by atomic mass is 10.1. The van der Waals surface area contributed by atoms with Crippen molar-refractivity contribution < 1.29 is 13.2 Å². The van der Waals surface area contributed by atoms with Crippen LogP contribution in [0, 0.1) is 6.92 Å². The molecule has 0 saturated heterocycles. The Morgan fingerprint density at radius 1 is 0.929 bits per heavy atom. The lowest BCUT2D eigenvalue weighted by molar-refractivity contribution is -0.133. The molecule has 0 aliphatic rings. The van der Waals surface area contributed by atoms with Gasteiger partial charge in [0.2, 0.25) is 0 Å². The van der Waals surface area contributed by atoms with Gasteiger partial charge in [-0.3, -0.25) is 0 Å². The van der Waals surface area contributed by atoms with Crippen LogP contribution in [-0.4, -0.2) is 6.18 Å². The highest BCUT2D eigenvalue weighted by atomic mass is 19.4. The van der Waals surface area contributed by atoms with Crippen LogP contribution in [0.1, 0.15) is 44.9 Å². The van der Waals surface area contributed by atoms with Gasteiger partial charge < -0.3 is 0 Å². The van der Waals surface area contributed by atoms with E-state index in [4.69, 9.17) is 0 Å². The fourth-order valence-corrected chi connectivity index (χ4v) is 1.10. The molecule has 0 atom stereocenters. The van der Waals surface area contributed by atoms with Crippen LogP contribution in [0.15, 0.2) is 12.2 Å². The third-order valence-corrected chi connectivity index (χ3v) is 1.88. The van der Waals surface area contributed by atoms with E-state index in [1.54, 1.807) is 6.08 Å². The summed E-state index contributed by atoms with van der Waals surface area (Å²) >= 11 is 0. The molecule has 83 valence electrons. The Balaban J connectivity index is 3.20. The molecule has 0 N–H and O–H groups in total. The summed E-state index contributed by atoms with van der Waals surface area (Å²) in [4.78, 5) is 0. The zero-order chi connectivity index (χ0) is 10.9. The molecule has 0 aromatic carbocycles. The maximum absolute atomic E-state index is 11.7. The van der Waals surface area contributed by atoms with Crippen LogP contribution in [-0.2, 0) is 0 Å². The second-order valence-corrected chi connectivity index (χ2v) is 3.33. The number of unbranched alkanes of at least 4 members (excludes halogenated alkanes) is 4. The molecule has 0 nitrogen and oxygen atoms in total. The van der Waals surface area contributed by atoms with Gasteiger partial charge in [0.25, 0.3) is 0 Å². The summed E-state index contributed by atoms with van der Waals surface area (Å²) in [6.07, 6.45) is 3.96. The highest BCUT2D eigenvalue weighted by Gasteiger charge is 2.25. The minimum absolute atomic E-state index is 0.110. The lowest BCUT2D eigenvalue weighted by Crippen LogP contribution is -2.05. The van der Waals surface area contributed by atoms with E-state index in [9.17, 15) is 13.2 Å². The van der Waals surface area contributed by atoms with E-state index in [-0.39, 0.29) is 6.42 Å². The summed E-state index contributed by atoms with van der Waals surface area (Å²) in [6, 6.07) is 0. The minimum Gasteiger partial charge on any atom is -0.171 e. The molecule has 0 aromatic rings. The van der Waals surface area contributed by atoms with E-state index in [2.05, 4.69) is 6.92 Å². The molecule has 14 heavy (non-hydrogen) atoms.